The molecule has 3 rings (SSSR count). The van der Waals surface area contributed by atoms with Gasteiger partial charge in [0.15, 0.2) is 11.5 Å². The van der Waals surface area contributed by atoms with E-state index in [1.807, 2.05) is 18.2 Å². The van der Waals surface area contributed by atoms with Crippen LogP contribution in [-0.2, 0) is 12.6 Å². The average Bonchev–Trinajstić information content (AvgIpc) is 2.99. The molecule has 2 aromatic carbocycles. The van der Waals surface area contributed by atoms with Gasteiger partial charge in [-0.05, 0) is 48.4 Å². The molecular weight excluding hydrogens is 307 g/mol. The number of hydrogen-bond acceptors (Lipinski definition) is 3. The number of benzene rings is 2. The van der Waals surface area contributed by atoms with E-state index in [2.05, 4.69) is 0 Å². The first-order valence-electron chi connectivity index (χ1n) is 7.23. The van der Waals surface area contributed by atoms with Crippen LogP contribution in [0, 0.1) is 0 Å². The molecule has 0 fully saturated rings. The van der Waals surface area contributed by atoms with Crippen LogP contribution >= 0.6 is 0 Å². The molecule has 1 aliphatic rings. The standard InChI is InChI=1S/C17H16F3NO2/c18-17(19,20)14-4-1-11(2-5-14)7-13(9-21)12-3-6-15-16(8-12)23-10-22-15/h1-6,8,13H,7,9-10,21H2. The van der Waals surface area contributed by atoms with Crippen LogP contribution in [0.3, 0.4) is 0 Å². The van der Waals surface area contributed by atoms with Gasteiger partial charge in [0.1, 0.15) is 0 Å². The van der Waals surface area contributed by atoms with E-state index in [0.717, 1.165) is 23.3 Å². The lowest BCUT2D eigenvalue weighted by atomic mass is 9.91. The molecule has 0 amide bonds. The maximum atomic E-state index is 12.6. The summed E-state index contributed by atoms with van der Waals surface area (Å²) in [5, 5.41) is 0. The van der Waals surface area contributed by atoms with E-state index >= 15 is 0 Å². The normalized spacial score (nSPS) is 14.8. The van der Waals surface area contributed by atoms with Crippen molar-refractivity contribution in [2.75, 3.05) is 13.3 Å². The summed E-state index contributed by atoms with van der Waals surface area (Å²) in [6.45, 7) is 0.589. The van der Waals surface area contributed by atoms with Crippen LogP contribution in [0.1, 0.15) is 22.6 Å². The van der Waals surface area contributed by atoms with Gasteiger partial charge in [0, 0.05) is 5.92 Å². The molecule has 0 radical (unpaired) electrons. The topological polar surface area (TPSA) is 44.5 Å². The van der Waals surface area contributed by atoms with E-state index in [-0.39, 0.29) is 12.7 Å². The van der Waals surface area contributed by atoms with Crippen molar-refractivity contribution < 1.29 is 22.6 Å². The molecule has 3 nitrogen and oxygen atoms in total. The highest BCUT2D eigenvalue weighted by Crippen LogP contribution is 2.35. The van der Waals surface area contributed by atoms with Crippen molar-refractivity contribution in [3.8, 4) is 11.5 Å². The molecular formula is C17H16F3NO2. The van der Waals surface area contributed by atoms with Crippen LogP contribution in [0.5, 0.6) is 11.5 Å². The van der Waals surface area contributed by atoms with Gasteiger partial charge in [0.2, 0.25) is 6.79 Å². The zero-order chi connectivity index (χ0) is 16.4. The minimum absolute atomic E-state index is 0.00115. The molecule has 1 heterocycles. The lowest BCUT2D eigenvalue weighted by Gasteiger charge is -2.16. The molecule has 0 saturated heterocycles. The number of alkyl halides is 3. The Kier molecular flexibility index (Phi) is 4.17. The van der Waals surface area contributed by atoms with Crippen molar-refractivity contribution >= 4 is 0 Å². The van der Waals surface area contributed by atoms with Crippen molar-refractivity contribution in [1.82, 2.24) is 0 Å². The van der Waals surface area contributed by atoms with Gasteiger partial charge in [0.05, 0.1) is 5.56 Å². The average molecular weight is 323 g/mol. The third kappa shape index (κ3) is 3.42. The van der Waals surface area contributed by atoms with Gasteiger partial charge in [0.25, 0.3) is 0 Å². The number of nitrogens with two attached hydrogens (primary N) is 1. The van der Waals surface area contributed by atoms with Gasteiger partial charge in [-0.25, -0.2) is 0 Å². The van der Waals surface area contributed by atoms with Crippen molar-refractivity contribution in [1.29, 1.82) is 0 Å². The first kappa shape index (κ1) is 15.7. The Hall–Kier alpha value is -2.21. The van der Waals surface area contributed by atoms with Crippen molar-refractivity contribution in [2.45, 2.75) is 18.5 Å². The van der Waals surface area contributed by atoms with Crippen LogP contribution in [0.4, 0.5) is 13.2 Å². The first-order chi connectivity index (χ1) is 11.0. The summed E-state index contributed by atoms with van der Waals surface area (Å²) < 4.78 is 48.4. The monoisotopic (exact) mass is 323 g/mol. The summed E-state index contributed by atoms with van der Waals surface area (Å²) >= 11 is 0. The summed E-state index contributed by atoms with van der Waals surface area (Å²) in [7, 11) is 0. The van der Waals surface area contributed by atoms with Crippen LogP contribution in [0.25, 0.3) is 0 Å². The van der Waals surface area contributed by atoms with E-state index < -0.39 is 11.7 Å². The quantitative estimate of drug-likeness (QED) is 0.933. The Morgan fingerprint density at radius 3 is 2.35 bits per heavy atom. The second-order valence-electron chi connectivity index (χ2n) is 5.44. The van der Waals surface area contributed by atoms with Crippen LogP contribution in [-0.4, -0.2) is 13.3 Å². The number of ether oxygens (including phenoxy) is 2. The van der Waals surface area contributed by atoms with E-state index in [1.165, 1.54) is 12.1 Å². The molecule has 2 N–H and O–H groups in total. The summed E-state index contributed by atoms with van der Waals surface area (Å²) in [5.41, 5.74) is 6.99. The predicted octanol–water partition coefficient (Wildman–Crippen LogP) is 3.72. The van der Waals surface area contributed by atoms with Gasteiger partial charge in [-0.2, -0.15) is 13.2 Å². The third-order valence-corrected chi connectivity index (χ3v) is 3.92. The highest BCUT2D eigenvalue weighted by Gasteiger charge is 2.30. The van der Waals surface area contributed by atoms with Gasteiger partial charge in [-0.15, -0.1) is 0 Å². The zero-order valence-corrected chi connectivity index (χ0v) is 12.3. The van der Waals surface area contributed by atoms with Crippen molar-refractivity contribution in [3.05, 3.63) is 59.2 Å². The zero-order valence-electron chi connectivity index (χ0n) is 12.3. The van der Waals surface area contributed by atoms with Crippen LogP contribution in [0.15, 0.2) is 42.5 Å². The largest absolute Gasteiger partial charge is 0.454 e. The van der Waals surface area contributed by atoms with Gasteiger partial charge < -0.3 is 15.2 Å². The summed E-state index contributed by atoms with van der Waals surface area (Å²) in [5.74, 6) is 1.37. The summed E-state index contributed by atoms with van der Waals surface area (Å²) in [4.78, 5) is 0. The first-order valence-corrected chi connectivity index (χ1v) is 7.23. The molecule has 1 aliphatic heterocycles. The molecule has 122 valence electrons. The molecule has 0 aromatic heterocycles. The fraction of sp³-hybridized carbons (Fsp3) is 0.294. The summed E-state index contributed by atoms with van der Waals surface area (Å²) in [6, 6.07) is 10.8. The number of fused-ring (bicyclic) bond motifs is 1. The summed E-state index contributed by atoms with van der Waals surface area (Å²) in [6.07, 6.45) is -3.75. The lowest BCUT2D eigenvalue weighted by molar-refractivity contribution is -0.137. The Morgan fingerprint density at radius 2 is 1.70 bits per heavy atom. The highest BCUT2D eigenvalue weighted by atomic mass is 19.4. The minimum atomic E-state index is -4.32. The molecule has 0 bridgehead atoms. The van der Waals surface area contributed by atoms with Crippen molar-refractivity contribution in [3.63, 3.8) is 0 Å². The number of halogens is 3. The van der Waals surface area contributed by atoms with Crippen molar-refractivity contribution in [2.24, 2.45) is 5.73 Å². The fourth-order valence-electron chi connectivity index (χ4n) is 2.62. The van der Waals surface area contributed by atoms with Gasteiger partial charge >= 0.3 is 6.18 Å². The SMILES string of the molecule is NCC(Cc1ccc(C(F)(F)F)cc1)c1ccc2c(c1)OCO2. The van der Waals surface area contributed by atoms with Crippen LogP contribution in [0.2, 0.25) is 0 Å². The Bertz CT molecular complexity index is 683. The molecule has 23 heavy (non-hydrogen) atoms. The predicted molar refractivity (Wildman–Crippen MR) is 79.5 cm³/mol. The van der Waals surface area contributed by atoms with Gasteiger partial charge in [-0.3, -0.25) is 0 Å². The molecule has 2 aromatic rings. The smallest absolute Gasteiger partial charge is 0.416 e. The van der Waals surface area contributed by atoms with E-state index in [4.69, 9.17) is 15.2 Å². The van der Waals surface area contributed by atoms with E-state index in [9.17, 15) is 13.2 Å². The molecule has 0 saturated carbocycles. The maximum absolute atomic E-state index is 12.6. The third-order valence-electron chi connectivity index (χ3n) is 3.92. The molecule has 1 atom stereocenters. The second-order valence-corrected chi connectivity index (χ2v) is 5.44. The molecule has 0 spiro atoms. The fourth-order valence-corrected chi connectivity index (χ4v) is 2.62. The number of rotatable bonds is 4. The highest BCUT2D eigenvalue weighted by molar-refractivity contribution is 5.45. The van der Waals surface area contributed by atoms with Gasteiger partial charge in [-0.1, -0.05) is 18.2 Å². The Balaban J connectivity index is 1.77. The molecule has 6 heteroatoms. The number of hydrogen-bond donors (Lipinski definition) is 1. The molecule has 0 aliphatic carbocycles. The lowest BCUT2D eigenvalue weighted by Crippen LogP contribution is -2.15. The maximum Gasteiger partial charge on any atom is 0.416 e. The molecule has 1 unspecified atom stereocenters. The Morgan fingerprint density at radius 1 is 1.00 bits per heavy atom. The second kappa shape index (κ2) is 6.12. The minimum Gasteiger partial charge on any atom is -0.454 e. The van der Waals surface area contributed by atoms with E-state index in [1.54, 1.807) is 0 Å². The van der Waals surface area contributed by atoms with Crippen LogP contribution < -0.4 is 15.2 Å². The Labute approximate surface area is 131 Å². The van der Waals surface area contributed by atoms with E-state index in [0.29, 0.717) is 24.5 Å².